The standard InChI is InChI=1S/C21H29N5O4S2/c1-21(20(22)28,14-17-6-4-3-5-7-17)26(18-15-31-16-23-18)19(27)8-13-32(29,30)25-11-9-24(2)10-12-25/h3-7,15-16H,8-14H2,1-2H3,(H2,22,28)/t21-/m1/s1. The Morgan fingerprint density at radius 2 is 1.84 bits per heavy atom. The first kappa shape index (κ1) is 24.3. The Balaban J connectivity index is 1.83. The number of hydrogen-bond acceptors (Lipinski definition) is 7. The molecule has 0 unspecified atom stereocenters. The molecule has 0 saturated carbocycles. The summed E-state index contributed by atoms with van der Waals surface area (Å²) in [5, 5.41) is 1.65. The quantitative estimate of drug-likeness (QED) is 0.572. The zero-order valence-electron chi connectivity index (χ0n) is 18.3. The summed E-state index contributed by atoms with van der Waals surface area (Å²) >= 11 is 1.28. The lowest BCUT2D eigenvalue weighted by Gasteiger charge is -2.38. The van der Waals surface area contributed by atoms with Gasteiger partial charge in [-0.15, -0.1) is 11.3 Å². The molecule has 2 aromatic rings. The Bertz CT molecular complexity index is 1020. The van der Waals surface area contributed by atoms with Crippen molar-refractivity contribution in [3.8, 4) is 0 Å². The van der Waals surface area contributed by atoms with Crippen molar-refractivity contribution in [2.24, 2.45) is 5.73 Å². The molecule has 1 saturated heterocycles. The minimum Gasteiger partial charge on any atom is -0.368 e. The molecule has 0 spiro atoms. The van der Waals surface area contributed by atoms with Crippen LogP contribution >= 0.6 is 11.3 Å². The van der Waals surface area contributed by atoms with Gasteiger partial charge in [0.05, 0.1) is 11.3 Å². The van der Waals surface area contributed by atoms with Crippen LogP contribution in [-0.4, -0.2) is 78.9 Å². The molecule has 11 heteroatoms. The first-order chi connectivity index (χ1) is 15.1. The number of sulfonamides is 1. The van der Waals surface area contributed by atoms with Crippen molar-refractivity contribution in [2.75, 3.05) is 43.9 Å². The highest BCUT2D eigenvalue weighted by molar-refractivity contribution is 7.89. The van der Waals surface area contributed by atoms with Crippen LogP contribution in [-0.2, 0) is 26.0 Å². The molecule has 2 heterocycles. The Labute approximate surface area is 192 Å². The first-order valence-electron chi connectivity index (χ1n) is 10.3. The molecule has 1 aromatic carbocycles. The summed E-state index contributed by atoms with van der Waals surface area (Å²) in [7, 11) is -1.66. The zero-order chi connectivity index (χ0) is 23.4. The van der Waals surface area contributed by atoms with Crippen LogP contribution in [0.1, 0.15) is 18.9 Å². The number of amides is 2. The lowest BCUT2D eigenvalue weighted by atomic mass is 9.89. The van der Waals surface area contributed by atoms with Gasteiger partial charge in [0.25, 0.3) is 0 Å². The van der Waals surface area contributed by atoms with Crippen molar-refractivity contribution in [1.29, 1.82) is 0 Å². The summed E-state index contributed by atoms with van der Waals surface area (Å²) in [6.07, 6.45) is -0.0957. The number of nitrogens with zero attached hydrogens (tertiary/aromatic N) is 4. The lowest BCUT2D eigenvalue weighted by molar-refractivity contribution is -0.127. The topological polar surface area (TPSA) is 117 Å². The minimum atomic E-state index is -3.60. The number of likely N-dealkylation sites (N-methyl/N-ethyl adjacent to an activating group) is 1. The summed E-state index contributed by atoms with van der Waals surface area (Å²) in [6.45, 7) is 3.68. The van der Waals surface area contributed by atoms with Gasteiger partial charge < -0.3 is 10.6 Å². The molecule has 1 fully saturated rings. The van der Waals surface area contributed by atoms with Crippen LogP contribution in [0, 0.1) is 0 Å². The number of aromatic nitrogens is 1. The number of rotatable bonds is 9. The molecule has 0 bridgehead atoms. The first-order valence-corrected chi connectivity index (χ1v) is 12.9. The second-order valence-electron chi connectivity index (χ2n) is 8.14. The molecule has 1 atom stereocenters. The van der Waals surface area contributed by atoms with E-state index in [-0.39, 0.29) is 24.4 Å². The van der Waals surface area contributed by atoms with Gasteiger partial charge in [-0.05, 0) is 19.5 Å². The van der Waals surface area contributed by atoms with E-state index in [0.29, 0.717) is 26.2 Å². The normalized spacial score (nSPS) is 17.6. The molecular weight excluding hydrogens is 450 g/mol. The fourth-order valence-corrected chi connectivity index (χ4v) is 5.69. The molecule has 0 aliphatic carbocycles. The molecule has 2 amide bonds. The molecule has 3 rings (SSSR count). The van der Waals surface area contributed by atoms with Crippen LogP contribution in [0.3, 0.4) is 0 Å². The second kappa shape index (κ2) is 10.1. The minimum absolute atomic E-state index is 0.178. The third-order valence-corrected chi connectivity index (χ3v) is 8.19. The number of benzene rings is 1. The summed E-state index contributed by atoms with van der Waals surface area (Å²) < 4.78 is 27.0. The van der Waals surface area contributed by atoms with Crippen LogP contribution in [0.5, 0.6) is 0 Å². The SMILES string of the molecule is CN1CCN(S(=O)(=O)CCC(=O)N(c2cscn2)[C@](C)(Cc2ccccc2)C(N)=O)CC1. The molecule has 1 aliphatic rings. The third-order valence-electron chi connectivity index (χ3n) is 5.74. The molecule has 1 aromatic heterocycles. The van der Waals surface area contributed by atoms with Crippen LogP contribution in [0.25, 0.3) is 0 Å². The van der Waals surface area contributed by atoms with Gasteiger partial charge in [-0.2, -0.15) is 4.31 Å². The number of nitrogens with two attached hydrogens (primary N) is 1. The summed E-state index contributed by atoms with van der Waals surface area (Å²) in [6, 6.07) is 9.24. The maximum atomic E-state index is 13.4. The Morgan fingerprint density at radius 1 is 1.19 bits per heavy atom. The van der Waals surface area contributed by atoms with Gasteiger partial charge >= 0.3 is 0 Å². The number of anilines is 1. The van der Waals surface area contributed by atoms with Gasteiger partial charge in [0.1, 0.15) is 11.4 Å². The number of carbonyl (C=O) groups excluding carboxylic acids is 2. The van der Waals surface area contributed by atoms with Crippen molar-refractivity contribution in [3.63, 3.8) is 0 Å². The van der Waals surface area contributed by atoms with Crippen LogP contribution < -0.4 is 10.6 Å². The van der Waals surface area contributed by atoms with E-state index in [4.69, 9.17) is 5.73 Å². The van der Waals surface area contributed by atoms with E-state index in [1.807, 2.05) is 37.4 Å². The number of hydrogen-bond donors (Lipinski definition) is 1. The van der Waals surface area contributed by atoms with Gasteiger partial charge in [-0.3, -0.25) is 14.5 Å². The zero-order valence-corrected chi connectivity index (χ0v) is 19.9. The maximum Gasteiger partial charge on any atom is 0.243 e. The Hall–Kier alpha value is -2.34. The van der Waals surface area contributed by atoms with E-state index < -0.39 is 27.4 Å². The lowest BCUT2D eigenvalue weighted by Crippen LogP contribution is -2.60. The van der Waals surface area contributed by atoms with Crippen LogP contribution in [0.15, 0.2) is 41.2 Å². The smallest absolute Gasteiger partial charge is 0.243 e. The van der Waals surface area contributed by atoms with Gasteiger partial charge in [0, 0.05) is 44.4 Å². The maximum absolute atomic E-state index is 13.4. The van der Waals surface area contributed by atoms with E-state index in [1.54, 1.807) is 17.8 Å². The summed E-state index contributed by atoms with van der Waals surface area (Å²) in [5.41, 5.74) is 6.76. The van der Waals surface area contributed by atoms with E-state index in [9.17, 15) is 18.0 Å². The van der Waals surface area contributed by atoms with Gasteiger partial charge in [-0.25, -0.2) is 13.4 Å². The van der Waals surface area contributed by atoms with Crippen molar-refractivity contribution in [1.82, 2.24) is 14.2 Å². The van der Waals surface area contributed by atoms with E-state index >= 15 is 0 Å². The highest BCUT2D eigenvalue weighted by atomic mass is 32.2. The van der Waals surface area contributed by atoms with E-state index in [0.717, 1.165) is 5.56 Å². The molecule has 32 heavy (non-hydrogen) atoms. The highest BCUT2D eigenvalue weighted by Crippen LogP contribution is 2.29. The fourth-order valence-electron chi connectivity index (χ4n) is 3.77. The number of thiazole rings is 1. The van der Waals surface area contributed by atoms with Crippen LogP contribution in [0.4, 0.5) is 5.82 Å². The number of piperazine rings is 1. The Morgan fingerprint density at radius 3 is 2.41 bits per heavy atom. The third kappa shape index (κ3) is 5.52. The predicted molar refractivity (Wildman–Crippen MR) is 125 cm³/mol. The van der Waals surface area contributed by atoms with E-state index in [2.05, 4.69) is 9.88 Å². The monoisotopic (exact) mass is 479 g/mol. The van der Waals surface area contributed by atoms with Crippen molar-refractivity contribution >= 4 is 39.0 Å². The molecule has 0 radical (unpaired) electrons. The van der Waals surface area contributed by atoms with E-state index in [1.165, 1.54) is 20.5 Å². The summed E-state index contributed by atoms with van der Waals surface area (Å²) in [4.78, 5) is 33.5. The molecule has 2 N–H and O–H groups in total. The fraction of sp³-hybridized carbons (Fsp3) is 0.476. The molecule has 174 valence electrons. The van der Waals surface area contributed by atoms with Gasteiger partial charge in [-0.1, -0.05) is 30.3 Å². The largest absolute Gasteiger partial charge is 0.368 e. The number of carbonyl (C=O) groups is 2. The van der Waals surface area contributed by atoms with Crippen LogP contribution in [0.2, 0.25) is 0 Å². The average Bonchev–Trinajstić information content (AvgIpc) is 3.27. The van der Waals surface area contributed by atoms with Crippen molar-refractivity contribution in [3.05, 3.63) is 46.8 Å². The van der Waals surface area contributed by atoms with Crippen molar-refractivity contribution < 1.29 is 18.0 Å². The van der Waals surface area contributed by atoms with Gasteiger partial charge in [0.2, 0.25) is 21.8 Å². The van der Waals surface area contributed by atoms with Crippen molar-refractivity contribution in [2.45, 2.75) is 25.3 Å². The second-order valence-corrected chi connectivity index (χ2v) is 11.0. The average molecular weight is 480 g/mol. The highest BCUT2D eigenvalue weighted by Gasteiger charge is 2.43. The molecule has 1 aliphatic heterocycles. The molecular formula is C21H29N5O4S2. The predicted octanol–water partition coefficient (Wildman–Crippen LogP) is 0.930. The Kier molecular flexibility index (Phi) is 7.65. The molecule has 9 nitrogen and oxygen atoms in total. The van der Waals surface area contributed by atoms with Gasteiger partial charge in [0.15, 0.2) is 0 Å². The number of primary amides is 1. The summed E-state index contributed by atoms with van der Waals surface area (Å²) in [5.74, 6) is -1.25.